The summed E-state index contributed by atoms with van der Waals surface area (Å²) < 4.78 is 5.45. The van der Waals surface area contributed by atoms with Crippen LogP contribution in [0, 0.1) is 6.92 Å². The highest BCUT2D eigenvalue weighted by Crippen LogP contribution is 2.25. The Morgan fingerprint density at radius 1 is 1.48 bits per heavy atom. The second-order valence-corrected chi connectivity index (χ2v) is 6.31. The van der Waals surface area contributed by atoms with Gasteiger partial charge in [-0.25, -0.2) is 4.98 Å². The maximum Gasteiger partial charge on any atom is 0.264 e. The summed E-state index contributed by atoms with van der Waals surface area (Å²) in [6.45, 7) is 2.52. The van der Waals surface area contributed by atoms with Gasteiger partial charge in [0, 0.05) is 6.54 Å². The van der Waals surface area contributed by atoms with Crippen molar-refractivity contribution in [2.75, 3.05) is 18.5 Å². The zero-order valence-electron chi connectivity index (χ0n) is 12.7. The normalized spacial score (nSPS) is 13.7. The van der Waals surface area contributed by atoms with Crippen LogP contribution in [-0.2, 0) is 11.2 Å². The van der Waals surface area contributed by atoms with Crippen molar-refractivity contribution in [3.63, 3.8) is 0 Å². The molecule has 2 N–H and O–H groups in total. The molecule has 0 aliphatic carbocycles. The molecule has 2 heterocycles. The summed E-state index contributed by atoms with van der Waals surface area (Å²) in [7, 11) is 0. The van der Waals surface area contributed by atoms with Crippen LogP contribution in [-0.4, -0.2) is 29.9 Å². The molecule has 1 aromatic heterocycles. The highest BCUT2D eigenvalue weighted by Gasteiger charge is 2.21. The van der Waals surface area contributed by atoms with Crippen LogP contribution in [0.4, 0.5) is 5.13 Å². The van der Waals surface area contributed by atoms with E-state index >= 15 is 0 Å². The number of nitrogens with zero attached hydrogens (tertiary/aromatic N) is 1. The number of aryl methyl sites for hydroxylation is 2. The zero-order valence-corrected chi connectivity index (χ0v) is 13.5. The lowest BCUT2D eigenvalue weighted by Gasteiger charge is -2.06. The quantitative estimate of drug-likeness (QED) is 0.899. The van der Waals surface area contributed by atoms with Gasteiger partial charge in [0.1, 0.15) is 10.6 Å². The van der Waals surface area contributed by atoms with E-state index in [1.54, 1.807) is 6.07 Å². The number of hydrogen-bond acceptors (Lipinski definition) is 5. The standard InChI is InChI=1S/C16H17N3O3S/c1-10-4-2-5-11(8-10)22-9-13(20)19-16-18-12-6-3-7-17-15(21)14(12)23-16/h2,4-5,8H,3,6-7,9H2,1H3,(H,17,21)(H,18,19,20). The number of rotatable bonds is 4. The summed E-state index contributed by atoms with van der Waals surface area (Å²) in [5.74, 6) is 0.233. The van der Waals surface area contributed by atoms with Gasteiger partial charge in [0.2, 0.25) is 0 Å². The third kappa shape index (κ3) is 3.87. The molecular formula is C16H17N3O3S. The molecule has 0 bridgehead atoms. The summed E-state index contributed by atoms with van der Waals surface area (Å²) in [4.78, 5) is 28.8. The molecule has 23 heavy (non-hydrogen) atoms. The van der Waals surface area contributed by atoms with Crippen LogP contribution in [0.2, 0.25) is 0 Å². The van der Waals surface area contributed by atoms with Gasteiger partial charge in [-0.15, -0.1) is 0 Å². The minimum atomic E-state index is -0.296. The van der Waals surface area contributed by atoms with Crippen molar-refractivity contribution in [2.45, 2.75) is 19.8 Å². The van der Waals surface area contributed by atoms with E-state index in [0.29, 0.717) is 22.3 Å². The first-order valence-corrected chi connectivity index (χ1v) is 8.21. The maximum absolute atomic E-state index is 12.0. The molecule has 2 aromatic rings. The first-order valence-electron chi connectivity index (χ1n) is 7.39. The second-order valence-electron chi connectivity index (χ2n) is 5.31. The molecule has 1 aliphatic rings. The Balaban J connectivity index is 1.60. The highest BCUT2D eigenvalue weighted by atomic mass is 32.1. The fourth-order valence-corrected chi connectivity index (χ4v) is 3.24. The lowest BCUT2D eigenvalue weighted by Crippen LogP contribution is -2.21. The average Bonchev–Trinajstić information content (AvgIpc) is 2.84. The molecule has 120 valence electrons. The molecule has 0 saturated carbocycles. The largest absolute Gasteiger partial charge is 0.484 e. The Labute approximate surface area is 137 Å². The molecular weight excluding hydrogens is 314 g/mol. The van der Waals surface area contributed by atoms with Gasteiger partial charge in [0.05, 0.1) is 5.69 Å². The molecule has 0 unspecified atom stereocenters. The van der Waals surface area contributed by atoms with Gasteiger partial charge in [-0.3, -0.25) is 14.9 Å². The number of amides is 2. The highest BCUT2D eigenvalue weighted by molar-refractivity contribution is 7.17. The van der Waals surface area contributed by atoms with Crippen LogP contribution in [0.1, 0.15) is 27.3 Å². The lowest BCUT2D eigenvalue weighted by atomic mass is 10.2. The molecule has 0 spiro atoms. The van der Waals surface area contributed by atoms with Crippen LogP contribution < -0.4 is 15.4 Å². The Hall–Kier alpha value is -2.41. The number of thiazole rings is 1. The summed E-state index contributed by atoms with van der Waals surface area (Å²) in [5.41, 5.74) is 1.82. The summed E-state index contributed by atoms with van der Waals surface area (Å²) >= 11 is 1.20. The molecule has 1 aromatic carbocycles. The van der Waals surface area contributed by atoms with Crippen LogP contribution >= 0.6 is 11.3 Å². The zero-order chi connectivity index (χ0) is 16.2. The van der Waals surface area contributed by atoms with E-state index in [2.05, 4.69) is 15.6 Å². The van der Waals surface area contributed by atoms with Gasteiger partial charge in [-0.1, -0.05) is 23.5 Å². The number of carbonyl (C=O) groups is 2. The van der Waals surface area contributed by atoms with Gasteiger partial charge in [0.15, 0.2) is 11.7 Å². The van der Waals surface area contributed by atoms with E-state index in [1.807, 2.05) is 25.1 Å². The van der Waals surface area contributed by atoms with E-state index in [-0.39, 0.29) is 18.4 Å². The van der Waals surface area contributed by atoms with E-state index in [1.165, 1.54) is 11.3 Å². The smallest absolute Gasteiger partial charge is 0.264 e. The van der Waals surface area contributed by atoms with E-state index < -0.39 is 0 Å². The number of nitrogens with one attached hydrogen (secondary N) is 2. The van der Waals surface area contributed by atoms with E-state index in [9.17, 15) is 9.59 Å². The summed E-state index contributed by atoms with van der Waals surface area (Å²) in [6, 6.07) is 7.50. The predicted molar refractivity (Wildman–Crippen MR) is 88.1 cm³/mol. The van der Waals surface area contributed by atoms with Gasteiger partial charge in [-0.2, -0.15) is 0 Å². The van der Waals surface area contributed by atoms with Crippen molar-refractivity contribution in [1.82, 2.24) is 10.3 Å². The Morgan fingerprint density at radius 2 is 2.35 bits per heavy atom. The first kappa shape index (κ1) is 15.5. The summed E-state index contributed by atoms with van der Waals surface area (Å²) in [6.07, 6.45) is 1.59. The predicted octanol–water partition coefficient (Wildman–Crippen LogP) is 2.15. The Morgan fingerprint density at radius 3 is 3.17 bits per heavy atom. The lowest BCUT2D eigenvalue weighted by molar-refractivity contribution is -0.118. The van der Waals surface area contributed by atoms with Gasteiger partial charge < -0.3 is 10.1 Å². The first-order chi connectivity index (χ1) is 11.1. The van der Waals surface area contributed by atoms with Crippen molar-refractivity contribution >= 4 is 28.3 Å². The molecule has 3 rings (SSSR count). The fourth-order valence-electron chi connectivity index (χ4n) is 2.30. The van der Waals surface area contributed by atoms with Gasteiger partial charge in [0.25, 0.3) is 11.8 Å². The van der Waals surface area contributed by atoms with Crippen LogP contribution in [0.3, 0.4) is 0 Å². The summed E-state index contributed by atoms with van der Waals surface area (Å²) in [5, 5.41) is 5.94. The van der Waals surface area contributed by atoms with Gasteiger partial charge >= 0.3 is 0 Å². The fraction of sp³-hybridized carbons (Fsp3) is 0.312. The maximum atomic E-state index is 12.0. The molecule has 7 heteroatoms. The van der Waals surface area contributed by atoms with E-state index in [0.717, 1.165) is 24.1 Å². The van der Waals surface area contributed by atoms with Crippen molar-refractivity contribution in [3.8, 4) is 5.75 Å². The number of hydrogen-bond donors (Lipinski definition) is 2. The molecule has 0 atom stereocenters. The van der Waals surface area contributed by atoms with Crippen molar-refractivity contribution in [3.05, 3.63) is 40.4 Å². The molecule has 6 nitrogen and oxygen atoms in total. The monoisotopic (exact) mass is 331 g/mol. The third-order valence-corrected chi connectivity index (χ3v) is 4.40. The number of anilines is 1. The van der Waals surface area contributed by atoms with Crippen LogP contribution in [0.5, 0.6) is 5.75 Å². The number of benzene rings is 1. The minimum Gasteiger partial charge on any atom is -0.484 e. The molecule has 1 aliphatic heterocycles. The third-order valence-electron chi connectivity index (χ3n) is 3.39. The Bertz CT molecular complexity index is 742. The minimum absolute atomic E-state index is 0.0973. The van der Waals surface area contributed by atoms with E-state index in [4.69, 9.17) is 4.74 Å². The topological polar surface area (TPSA) is 80.3 Å². The molecule has 0 fully saturated rings. The average molecular weight is 331 g/mol. The van der Waals surface area contributed by atoms with Gasteiger partial charge in [-0.05, 0) is 37.5 Å². The Kier molecular flexibility index (Phi) is 4.57. The number of aromatic nitrogens is 1. The second kappa shape index (κ2) is 6.78. The van der Waals surface area contributed by atoms with Crippen molar-refractivity contribution in [1.29, 1.82) is 0 Å². The number of ether oxygens (including phenoxy) is 1. The molecule has 0 saturated heterocycles. The number of carbonyl (C=O) groups excluding carboxylic acids is 2. The van der Waals surface area contributed by atoms with Crippen molar-refractivity contribution in [2.24, 2.45) is 0 Å². The SMILES string of the molecule is Cc1cccc(OCC(=O)Nc2nc3c(s2)C(=O)NCCC3)c1. The van der Waals surface area contributed by atoms with Crippen molar-refractivity contribution < 1.29 is 14.3 Å². The number of fused-ring (bicyclic) bond motifs is 1. The molecule has 0 radical (unpaired) electrons. The van der Waals surface area contributed by atoms with Crippen LogP contribution in [0.15, 0.2) is 24.3 Å². The van der Waals surface area contributed by atoms with Crippen LogP contribution in [0.25, 0.3) is 0 Å². The molecule has 2 amide bonds.